The van der Waals surface area contributed by atoms with Crippen LogP contribution in [0.3, 0.4) is 0 Å². The third-order valence-corrected chi connectivity index (χ3v) is 4.66. The number of hydrogen-bond donors (Lipinski definition) is 1. The highest BCUT2D eigenvalue weighted by Gasteiger charge is 2.30. The molecule has 0 radical (unpaired) electrons. The van der Waals surface area contributed by atoms with Crippen molar-refractivity contribution in [1.29, 1.82) is 0 Å². The summed E-state index contributed by atoms with van der Waals surface area (Å²) in [5.74, 6) is 0.820. The number of fused-ring (bicyclic) bond motifs is 1. The Hall–Kier alpha value is -0.820. The fourth-order valence-electron chi connectivity index (χ4n) is 3.62. The number of rotatable bonds is 1. The molecule has 2 aliphatic carbocycles. The lowest BCUT2D eigenvalue weighted by atomic mass is 9.77. The first kappa shape index (κ1) is 11.3. The largest absolute Gasteiger partial charge is 0.321 e. The quantitative estimate of drug-likeness (QED) is 0.783. The van der Waals surface area contributed by atoms with Gasteiger partial charge >= 0.3 is 0 Å². The molecule has 1 saturated carbocycles. The standard InChI is InChI=1S/C16H23N/c1-12-9-13-5-6-15(11-14(13)10-12)16(17)7-3-2-4-8-16/h5-6,11-12H,2-4,7-10,17H2,1H3. The van der Waals surface area contributed by atoms with Crippen molar-refractivity contribution in [3.63, 3.8) is 0 Å². The maximum atomic E-state index is 6.61. The zero-order valence-corrected chi connectivity index (χ0v) is 10.8. The second kappa shape index (κ2) is 4.13. The maximum Gasteiger partial charge on any atom is 0.0409 e. The first-order valence-electron chi connectivity index (χ1n) is 7.08. The number of benzene rings is 1. The molecule has 92 valence electrons. The molecule has 3 rings (SSSR count). The summed E-state index contributed by atoms with van der Waals surface area (Å²) in [4.78, 5) is 0. The highest BCUT2D eigenvalue weighted by molar-refractivity contribution is 5.39. The van der Waals surface area contributed by atoms with Crippen molar-refractivity contribution in [2.24, 2.45) is 11.7 Å². The van der Waals surface area contributed by atoms with Gasteiger partial charge in [-0.25, -0.2) is 0 Å². The second-order valence-corrected chi connectivity index (χ2v) is 6.21. The molecule has 0 aromatic heterocycles. The summed E-state index contributed by atoms with van der Waals surface area (Å²) in [5, 5.41) is 0. The molecule has 0 amide bonds. The van der Waals surface area contributed by atoms with Crippen LogP contribution in [-0.2, 0) is 18.4 Å². The van der Waals surface area contributed by atoms with E-state index in [9.17, 15) is 0 Å². The summed E-state index contributed by atoms with van der Waals surface area (Å²) in [6.45, 7) is 2.35. The predicted octanol–water partition coefficient (Wildman–Crippen LogP) is 3.54. The van der Waals surface area contributed by atoms with Crippen LogP contribution in [0.15, 0.2) is 18.2 Å². The molecular weight excluding hydrogens is 206 g/mol. The van der Waals surface area contributed by atoms with Crippen molar-refractivity contribution >= 4 is 0 Å². The van der Waals surface area contributed by atoms with Crippen molar-refractivity contribution < 1.29 is 0 Å². The molecule has 0 heterocycles. The lowest BCUT2D eigenvalue weighted by Gasteiger charge is -2.34. The first-order chi connectivity index (χ1) is 8.17. The average Bonchev–Trinajstić information content (AvgIpc) is 2.69. The van der Waals surface area contributed by atoms with Gasteiger partial charge in [0.25, 0.3) is 0 Å². The van der Waals surface area contributed by atoms with E-state index in [2.05, 4.69) is 25.1 Å². The van der Waals surface area contributed by atoms with E-state index in [4.69, 9.17) is 5.73 Å². The highest BCUT2D eigenvalue weighted by atomic mass is 14.7. The van der Waals surface area contributed by atoms with E-state index >= 15 is 0 Å². The Morgan fingerprint density at radius 3 is 2.53 bits per heavy atom. The molecule has 1 nitrogen and oxygen atoms in total. The van der Waals surface area contributed by atoms with Gasteiger partial charge in [0, 0.05) is 5.54 Å². The van der Waals surface area contributed by atoms with Gasteiger partial charge in [0.15, 0.2) is 0 Å². The predicted molar refractivity (Wildman–Crippen MR) is 72.0 cm³/mol. The van der Waals surface area contributed by atoms with Crippen LogP contribution in [0.5, 0.6) is 0 Å². The van der Waals surface area contributed by atoms with E-state index in [1.807, 2.05) is 0 Å². The van der Waals surface area contributed by atoms with Gasteiger partial charge in [-0.05, 0) is 48.3 Å². The van der Waals surface area contributed by atoms with Crippen LogP contribution in [-0.4, -0.2) is 0 Å². The second-order valence-electron chi connectivity index (χ2n) is 6.21. The van der Waals surface area contributed by atoms with Crippen LogP contribution >= 0.6 is 0 Å². The summed E-state index contributed by atoms with van der Waals surface area (Å²) in [6.07, 6.45) is 8.80. The number of hydrogen-bond acceptors (Lipinski definition) is 1. The van der Waals surface area contributed by atoms with Gasteiger partial charge in [-0.1, -0.05) is 44.4 Å². The van der Waals surface area contributed by atoms with E-state index < -0.39 is 0 Å². The molecule has 0 spiro atoms. The van der Waals surface area contributed by atoms with Crippen molar-refractivity contribution in [2.45, 2.75) is 57.4 Å². The molecule has 1 aromatic rings. The average molecular weight is 229 g/mol. The zero-order chi connectivity index (χ0) is 11.9. The molecule has 2 aliphatic rings. The fraction of sp³-hybridized carbons (Fsp3) is 0.625. The topological polar surface area (TPSA) is 26.0 Å². The van der Waals surface area contributed by atoms with Crippen molar-refractivity contribution in [3.8, 4) is 0 Å². The third-order valence-electron chi connectivity index (χ3n) is 4.66. The minimum Gasteiger partial charge on any atom is -0.321 e. The molecule has 0 saturated heterocycles. The van der Waals surface area contributed by atoms with E-state index in [0.717, 1.165) is 5.92 Å². The van der Waals surface area contributed by atoms with Crippen LogP contribution in [0.1, 0.15) is 55.7 Å². The van der Waals surface area contributed by atoms with Crippen molar-refractivity contribution in [1.82, 2.24) is 0 Å². The van der Waals surface area contributed by atoms with E-state index in [1.54, 1.807) is 11.1 Å². The Kier molecular flexibility index (Phi) is 2.74. The molecule has 1 fully saturated rings. The van der Waals surface area contributed by atoms with Crippen molar-refractivity contribution in [3.05, 3.63) is 34.9 Å². The van der Waals surface area contributed by atoms with Crippen LogP contribution < -0.4 is 5.73 Å². The van der Waals surface area contributed by atoms with E-state index in [0.29, 0.717) is 0 Å². The summed E-state index contributed by atoms with van der Waals surface area (Å²) < 4.78 is 0. The molecule has 2 N–H and O–H groups in total. The molecule has 1 aromatic carbocycles. The summed E-state index contributed by atoms with van der Waals surface area (Å²) in [6, 6.07) is 7.03. The van der Waals surface area contributed by atoms with Gasteiger partial charge in [-0.2, -0.15) is 0 Å². The van der Waals surface area contributed by atoms with E-state index in [-0.39, 0.29) is 5.54 Å². The summed E-state index contributed by atoms with van der Waals surface area (Å²) >= 11 is 0. The Balaban J connectivity index is 1.91. The molecule has 1 atom stereocenters. The molecule has 1 unspecified atom stereocenters. The third kappa shape index (κ3) is 2.01. The van der Waals surface area contributed by atoms with Crippen molar-refractivity contribution in [2.75, 3.05) is 0 Å². The molecule has 1 heteroatoms. The molecule has 0 bridgehead atoms. The zero-order valence-electron chi connectivity index (χ0n) is 10.8. The fourth-order valence-corrected chi connectivity index (χ4v) is 3.62. The Morgan fingerprint density at radius 2 is 1.76 bits per heavy atom. The van der Waals surface area contributed by atoms with Gasteiger partial charge in [0.1, 0.15) is 0 Å². The Morgan fingerprint density at radius 1 is 1.06 bits per heavy atom. The SMILES string of the molecule is CC1Cc2ccc(C3(N)CCCCC3)cc2C1. The van der Waals surface area contributed by atoms with Crippen LogP contribution in [0.25, 0.3) is 0 Å². The first-order valence-corrected chi connectivity index (χ1v) is 7.08. The van der Waals surface area contributed by atoms with E-state index in [1.165, 1.54) is 50.5 Å². The van der Waals surface area contributed by atoms with Gasteiger partial charge in [-0.3, -0.25) is 0 Å². The van der Waals surface area contributed by atoms with Gasteiger partial charge in [-0.15, -0.1) is 0 Å². The van der Waals surface area contributed by atoms with Crippen LogP contribution in [0.2, 0.25) is 0 Å². The molecular formula is C16H23N. The Labute approximate surface area is 104 Å². The number of nitrogens with two attached hydrogens (primary N) is 1. The monoisotopic (exact) mass is 229 g/mol. The van der Waals surface area contributed by atoms with Crippen LogP contribution in [0.4, 0.5) is 0 Å². The van der Waals surface area contributed by atoms with Gasteiger partial charge in [0.2, 0.25) is 0 Å². The minimum absolute atomic E-state index is 0.0287. The summed E-state index contributed by atoms with van der Waals surface area (Å²) in [5.41, 5.74) is 11.1. The smallest absolute Gasteiger partial charge is 0.0409 e. The van der Waals surface area contributed by atoms with Gasteiger partial charge in [0.05, 0.1) is 0 Å². The van der Waals surface area contributed by atoms with Crippen LogP contribution in [0, 0.1) is 5.92 Å². The molecule has 17 heavy (non-hydrogen) atoms. The normalized spacial score (nSPS) is 26.8. The highest BCUT2D eigenvalue weighted by Crippen LogP contribution is 2.37. The lowest BCUT2D eigenvalue weighted by molar-refractivity contribution is 0.302. The summed E-state index contributed by atoms with van der Waals surface area (Å²) in [7, 11) is 0. The van der Waals surface area contributed by atoms with Gasteiger partial charge < -0.3 is 5.73 Å². The maximum absolute atomic E-state index is 6.61. The lowest BCUT2D eigenvalue weighted by Crippen LogP contribution is -2.38. The Bertz CT molecular complexity index is 416. The molecule has 0 aliphatic heterocycles. The minimum atomic E-state index is -0.0287.